The minimum absolute atomic E-state index is 0.0236. The average molecular weight is 324 g/mol. The number of urea groups is 1. The van der Waals surface area contributed by atoms with Crippen LogP contribution in [0.15, 0.2) is 22.1 Å². The van der Waals surface area contributed by atoms with Gasteiger partial charge in [-0.1, -0.05) is 6.42 Å². The number of aryl methyl sites for hydroxylation is 1. The third-order valence-corrected chi connectivity index (χ3v) is 3.14. The van der Waals surface area contributed by atoms with E-state index in [0.29, 0.717) is 19.5 Å². The number of aliphatic imine (C=N–C) groups is 1. The van der Waals surface area contributed by atoms with Crippen molar-refractivity contribution in [1.29, 1.82) is 0 Å². The number of rotatable bonds is 9. The Kier molecular flexibility index (Phi) is 7.54. The lowest BCUT2D eigenvalue weighted by molar-refractivity contribution is 0.259. The van der Waals surface area contributed by atoms with Crippen LogP contribution in [0.2, 0.25) is 0 Å². The molecule has 0 aliphatic rings. The van der Waals surface area contributed by atoms with Crippen molar-refractivity contribution in [3.05, 3.63) is 22.7 Å². The summed E-state index contributed by atoms with van der Waals surface area (Å²) in [4.78, 5) is 30.1. The summed E-state index contributed by atoms with van der Waals surface area (Å²) in [6.07, 6.45) is 4.79. The number of nitrogens with two attached hydrogens (primary N) is 4. The molecule has 0 saturated heterocycles. The number of nitrogens with one attached hydrogen (secondary N) is 1. The van der Waals surface area contributed by atoms with Gasteiger partial charge in [0.2, 0.25) is 0 Å². The molecule has 10 nitrogen and oxygen atoms in total. The second-order valence-electron chi connectivity index (χ2n) is 5.13. The molecule has 0 radical (unpaired) electrons. The largest absolute Gasteiger partial charge is 0.370 e. The molecule has 9 N–H and O–H groups in total. The topological polar surface area (TPSA) is 180 Å². The fourth-order valence-electron chi connectivity index (χ4n) is 1.97. The molecule has 1 aromatic heterocycles. The van der Waals surface area contributed by atoms with Gasteiger partial charge in [-0.15, -0.1) is 0 Å². The molecule has 1 rings (SSSR count). The van der Waals surface area contributed by atoms with Gasteiger partial charge in [0.1, 0.15) is 5.82 Å². The minimum Gasteiger partial charge on any atom is -0.370 e. The molecule has 0 unspecified atom stereocenters. The van der Waals surface area contributed by atoms with Crippen LogP contribution in [0, 0.1) is 0 Å². The summed E-state index contributed by atoms with van der Waals surface area (Å²) in [7, 11) is 0. The molecule has 1 aromatic rings. The Labute approximate surface area is 133 Å². The molecular formula is C13H24N8O2. The number of carbonyl (C=O) groups is 1. The summed E-state index contributed by atoms with van der Waals surface area (Å²) >= 11 is 0. The molecular weight excluding hydrogens is 300 g/mol. The van der Waals surface area contributed by atoms with E-state index in [4.69, 9.17) is 22.9 Å². The van der Waals surface area contributed by atoms with E-state index in [1.54, 1.807) is 6.20 Å². The number of primary amides is 1. The number of hydrogen-bond acceptors (Lipinski definition) is 5. The smallest absolute Gasteiger partial charge is 0.349 e. The molecule has 1 heterocycles. The number of guanidine groups is 1. The second-order valence-corrected chi connectivity index (χ2v) is 5.13. The first kappa shape index (κ1) is 18.4. The van der Waals surface area contributed by atoms with E-state index in [9.17, 15) is 9.59 Å². The Balaban J connectivity index is 2.35. The summed E-state index contributed by atoms with van der Waals surface area (Å²) < 4.78 is 1.44. The zero-order chi connectivity index (χ0) is 17.2. The number of anilines is 1. The van der Waals surface area contributed by atoms with Gasteiger partial charge in [-0.25, -0.2) is 9.59 Å². The molecule has 0 saturated carbocycles. The third kappa shape index (κ3) is 7.81. The molecule has 1 atom stereocenters. The third-order valence-electron chi connectivity index (χ3n) is 3.14. The molecule has 0 aliphatic heterocycles. The maximum atomic E-state index is 11.8. The Hall–Kier alpha value is -2.62. The van der Waals surface area contributed by atoms with Crippen molar-refractivity contribution < 1.29 is 4.79 Å². The van der Waals surface area contributed by atoms with Gasteiger partial charge in [0, 0.05) is 25.3 Å². The summed E-state index contributed by atoms with van der Waals surface area (Å²) in [5.74, 6) is 0.221. The van der Waals surface area contributed by atoms with Crippen molar-refractivity contribution in [2.45, 2.75) is 38.3 Å². The molecule has 10 heteroatoms. The molecule has 23 heavy (non-hydrogen) atoms. The number of carbonyl (C=O) groups excluding carboxylic acids is 1. The van der Waals surface area contributed by atoms with Crippen molar-refractivity contribution in [2.75, 3.05) is 11.9 Å². The minimum atomic E-state index is -0.766. The van der Waals surface area contributed by atoms with Gasteiger partial charge >= 0.3 is 11.7 Å². The van der Waals surface area contributed by atoms with Crippen molar-refractivity contribution >= 4 is 17.8 Å². The van der Waals surface area contributed by atoms with Crippen LogP contribution in [-0.2, 0) is 6.54 Å². The molecule has 128 valence electrons. The first-order chi connectivity index (χ1) is 10.9. The Morgan fingerprint density at radius 2 is 2.04 bits per heavy atom. The number of hydrogen-bond donors (Lipinski definition) is 5. The maximum Gasteiger partial charge on any atom is 0.349 e. The highest BCUT2D eigenvalue weighted by Crippen LogP contribution is 2.04. The Morgan fingerprint density at radius 3 is 2.65 bits per heavy atom. The highest BCUT2D eigenvalue weighted by atomic mass is 16.2. The molecule has 2 amide bonds. The van der Waals surface area contributed by atoms with E-state index in [1.165, 1.54) is 10.6 Å². The van der Waals surface area contributed by atoms with Crippen LogP contribution in [0.5, 0.6) is 0 Å². The van der Waals surface area contributed by atoms with E-state index in [-0.39, 0.29) is 17.8 Å². The molecule has 0 aromatic carbocycles. The predicted octanol–water partition coefficient (Wildman–Crippen LogP) is -1.10. The van der Waals surface area contributed by atoms with Crippen molar-refractivity contribution in [3.8, 4) is 0 Å². The number of amides is 2. The van der Waals surface area contributed by atoms with Crippen LogP contribution in [0.3, 0.4) is 0 Å². The quantitative estimate of drug-likeness (QED) is 0.218. The van der Waals surface area contributed by atoms with Gasteiger partial charge in [0.15, 0.2) is 5.96 Å². The van der Waals surface area contributed by atoms with E-state index in [1.807, 2.05) is 0 Å². The van der Waals surface area contributed by atoms with Crippen LogP contribution < -0.4 is 33.9 Å². The molecule has 0 bridgehead atoms. The Morgan fingerprint density at radius 1 is 1.30 bits per heavy atom. The van der Waals surface area contributed by atoms with Crippen molar-refractivity contribution in [1.82, 2.24) is 9.55 Å². The number of unbranched alkanes of at least 4 members (excludes halogenated alkanes) is 1. The summed E-state index contributed by atoms with van der Waals surface area (Å²) in [5, 5.41) is 2.25. The van der Waals surface area contributed by atoms with Crippen LogP contribution >= 0.6 is 0 Å². The first-order valence-corrected chi connectivity index (χ1v) is 7.33. The van der Waals surface area contributed by atoms with Crippen LogP contribution in [-0.4, -0.2) is 34.1 Å². The summed E-state index contributed by atoms with van der Waals surface area (Å²) in [5.41, 5.74) is 21.0. The fourth-order valence-corrected chi connectivity index (χ4v) is 1.97. The van der Waals surface area contributed by atoms with Gasteiger partial charge in [-0.3, -0.25) is 14.9 Å². The van der Waals surface area contributed by atoms with E-state index in [0.717, 1.165) is 19.3 Å². The summed E-state index contributed by atoms with van der Waals surface area (Å²) in [6.45, 7) is 1.05. The SMILES string of the molecule is NC(=O)Nc1ccn(CC[C@H](N)CCCCN=C(N)N)c(=O)n1. The Bertz CT molecular complexity index is 594. The zero-order valence-corrected chi connectivity index (χ0v) is 12.9. The molecule has 0 fully saturated rings. The highest BCUT2D eigenvalue weighted by molar-refractivity contribution is 5.86. The van der Waals surface area contributed by atoms with Crippen LogP contribution in [0.25, 0.3) is 0 Å². The lowest BCUT2D eigenvalue weighted by Crippen LogP contribution is -2.29. The van der Waals surface area contributed by atoms with Crippen molar-refractivity contribution in [2.24, 2.45) is 27.9 Å². The number of nitrogens with zero attached hydrogens (tertiary/aromatic N) is 3. The van der Waals surface area contributed by atoms with Crippen LogP contribution in [0.4, 0.5) is 10.6 Å². The van der Waals surface area contributed by atoms with Crippen LogP contribution in [0.1, 0.15) is 25.7 Å². The first-order valence-electron chi connectivity index (χ1n) is 7.33. The number of aromatic nitrogens is 2. The van der Waals surface area contributed by atoms with E-state index < -0.39 is 11.7 Å². The van der Waals surface area contributed by atoms with Gasteiger partial charge in [0.05, 0.1) is 0 Å². The van der Waals surface area contributed by atoms with Gasteiger partial charge in [0.25, 0.3) is 0 Å². The lowest BCUT2D eigenvalue weighted by atomic mass is 10.1. The second kappa shape index (κ2) is 9.41. The van der Waals surface area contributed by atoms with Gasteiger partial charge < -0.3 is 22.9 Å². The van der Waals surface area contributed by atoms with Gasteiger partial charge in [-0.2, -0.15) is 4.98 Å². The van der Waals surface area contributed by atoms with E-state index in [2.05, 4.69) is 15.3 Å². The standard InChI is InChI=1S/C13H24N8O2/c14-9(3-1-2-6-18-11(15)16)4-7-21-8-5-10(19-12(17)22)20-13(21)23/h5,8-9H,1-4,6-7,14H2,(H4,15,16,18)(H3,17,19,20,22,23)/t9-/m1/s1. The molecule has 0 spiro atoms. The average Bonchev–Trinajstić information content (AvgIpc) is 2.45. The zero-order valence-electron chi connectivity index (χ0n) is 12.9. The normalized spacial score (nSPS) is 11.7. The maximum absolute atomic E-state index is 11.8. The highest BCUT2D eigenvalue weighted by Gasteiger charge is 2.06. The van der Waals surface area contributed by atoms with Crippen molar-refractivity contribution in [3.63, 3.8) is 0 Å². The lowest BCUT2D eigenvalue weighted by Gasteiger charge is -2.12. The summed E-state index contributed by atoms with van der Waals surface area (Å²) in [6, 6.07) is 0.717. The predicted molar refractivity (Wildman–Crippen MR) is 88.8 cm³/mol. The van der Waals surface area contributed by atoms with E-state index >= 15 is 0 Å². The monoisotopic (exact) mass is 324 g/mol. The fraction of sp³-hybridized carbons (Fsp3) is 0.538. The molecule has 0 aliphatic carbocycles. The van der Waals surface area contributed by atoms with Gasteiger partial charge in [-0.05, 0) is 25.3 Å².